The van der Waals surface area contributed by atoms with Crippen molar-refractivity contribution in [3.05, 3.63) is 25.3 Å². The maximum Gasteiger partial charge on any atom is 0.377 e. The summed E-state index contributed by atoms with van der Waals surface area (Å²) in [6.45, 7) is 1.65. The Morgan fingerprint density at radius 2 is 1.67 bits per heavy atom. The second-order valence-corrected chi connectivity index (χ2v) is 8.77. The Bertz CT molecular complexity index is 1390. The molecule has 2 unspecified atom stereocenters. The SMILES string of the molecule is CCOC(=O)C1(CSc2ncnc3nc[nH]c23)OC(=O)C(=O)C1Sc1ncnc2nc[nH]c12. The Morgan fingerprint density at radius 1 is 1.03 bits per heavy atom. The van der Waals surface area contributed by atoms with E-state index in [1.807, 2.05) is 0 Å². The van der Waals surface area contributed by atoms with Crippen molar-refractivity contribution in [3.8, 4) is 0 Å². The number of carbonyl (C=O) groups excluding carboxylic acids is 3. The van der Waals surface area contributed by atoms with Crippen LogP contribution in [0.3, 0.4) is 0 Å². The van der Waals surface area contributed by atoms with Crippen LogP contribution < -0.4 is 0 Å². The molecule has 13 nitrogen and oxygen atoms in total. The summed E-state index contributed by atoms with van der Waals surface area (Å²) in [5.41, 5.74) is -0.0744. The van der Waals surface area contributed by atoms with Gasteiger partial charge >= 0.3 is 11.9 Å². The van der Waals surface area contributed by atoms with E-state index in [-0.39, 0.29) is 12.4 Å². The normalized spacial score (nSPS) is 20.5. The van der Waals surface area contributed by atoms with Crippen molar-refractivity contribution in [2.75, 3.05) is 12.4 Å². The van der Waals surface area contributed by atoms with Crippen LogP contribution in [0, 0.1) is 0 Å². The van der Waals surface area contributed by atoms with Gasteiger partial charge in [-0.3, -0.25) is 4.79 Å². The summed E-state index contributed by atoms with van der Waals surface area (Å²) in [5.74, 6) is -2.96. The molecule has 5 heterocycles. The van der Waals surface area contributed by atoms with Crippen LogP contribution in [0.2, 0.25) is 0 Å². The number of esters is 2. The van der Waals surface area contributed by atoms with Crippen molar-refractivity contribution in [1.82, 2.24) is 39.9 Å². The molecule has 0 bridgehead atoms. The third-order valence-corrected chi connectivity index (χ3v) is 7.31. The van der Waals surface area contributed by atoms with E-state index < -0.39 is 28.6 Å². The second kappa shape index (κ2) is 8.40. The van der Waals surface area contributed by atoms with Crippen LogP contribution in [0.5, 0.6) is 0 Å². The average molecular weight is 486 g/mol. The number of hydrogen-bond acceptors (Lipinski definition) is 13. The average Bonchev–Trinajstić information content (AvgIpc) is 3.54. The predicted molar refractivity (Wildman–Crippen MR) is 114 cm³/mol. The molecule has 1 aliphatic heterocycles. The van der Waals surface area contributed by atoms with E-state index in [2.05, 4.69) is 39.9 Å². The van der Waals surface area contributed by atoms with Crippen molar-refractivity contribution < 1.29 is 23.9 Å². The molecular formula is C18H14N8O5S2. The molecular weight excluding hydrogens is 472 g/mol. The van der Waals surface area contributed by atoms with Crippen LogP contribution in [0.15, 0.2) is 35.4 Å². The number of H-pyrrole nitrogens is 2. The lowest BCUT2D eigenvalue weighted by Crippen LogP contribution is -2.51. The molecule has 15 heteroatoms. The maximum absolute atomic E-state index is 13.1. The maximum atomic E-state index is 13.1. The highest BCUT2D eigenvalue weighted by atomic mass is 32.2. The lowest BCUT2D eigenvalue weighted by Gasteiger charge is -2.28. The van der Waals surface area contributed by atoms with E-state index >= 15 is 0 Å². The van der Waals surface area contributed by atoms with E-state index in [4.69, 9.17) is 9.47 Å². The molecule has 0 aromatic carbocycles. The summed E-state index contributed by atoms with van der Waals surface area (Å²) in [5, 5.41) is -0.443. The van der Waals surface area contributed by atoms with Gasteiger partial charge in [0.15, 0.2) is 11.3 Å². The zero-order chi connectivity index (χ0) is 23.0. The number of aromatic nitrogens is 8. The van der Waals surface area contributed by atoms with Gasteiger partial charge in [-0.05, 0) is 6.92 Å². The van der Waals surface area contributed by atoms with Crippen molar-refractivity contribution in [2.24, 2.45) is 0 Å². The van der Waals surface area contributed by atoms with Crippen LogP contribution in [-0.2, 0) is 23.9 Å². The topological polar surface area (TPSA) is 179 Å². The summed E-state index contributed by atoms with van der Waals surface area (Å²) in [6.07, 6.45) is 5.51. The quantitative estimate of drug-likeness (QED) is 0.161. The minimum atomic E-state index is -1.91. The molecule has 2 N–H and O–H groups in total. The highest BCUT2D eigenvalue weighted by Crippen LogP contribution is 2.43. The lowest BCUT2D eigenvalue weighted by atomic mass is 10.0. The fraction of sp³-hybridized carbons (Fsp3) is 0.278. The molecule has 33 heavy (non-hydrogen) atoms. The number of fused-ring (bicyclic) bond motifs is 2. The molecule has 0 saturated carbocycles. The zero-order valence-electron chi connectivity index (χ0n) is 16.8. The molecule has 1 saturated heterocycles. The van der Waals surface area contributed by atoms with Gasteiger partial charge in [0.05, 0.1) is 25.0 Å². The monoisotopic (exact) mass is 486 g/mol. The first kappa shape index (κ1) is 21.3. The van der Waals surface area contributed by atoms with Gasteiger partial charge in [-0.2, -0.15) is 0 Å². The van der Waals surface area contributed by atoms with Crippen LogP contribution in [0.25, 0.3) is 22.3 Å². The van der Waals surface area contributed by atoms with Gasteiger partial charge in [-0.1, -0.05) is 23.5 Å². The summed E-state index contributed by atoms with van der Waals surface area (Å²) in [6, 6.07) is 0. The van der Waals surface area contributed by atoms with E-state index in [9.17, 15) is 14.4 Å². The summed E-state index contributed by atoms with van der Waals surface area (Å²) >= 11 is 2.02. The number of Topliss-reactive ketones (excluding diaryl/α,β-unsaturated/α-hetero) is 1. The van der Waals surface area contributed by atoms with Crippen LogP contribution in [-0.4, -0.2) is 80.8 Å². The van der Waals surface area contributed by atoms with Gasteiger partial charge in [0.2, 0.25) is 5.60 Å². The van der Waals surface area contributed by atoms with Crippen LogP contribution in [0.1, 0.15) is 6.92 Å². The number of ketones is 1. The van der Waals surface area contributed by atoms with Gasteiger partial charge in [0.25, 0.3) is 5.78 Å². The molecule has 0 spiro atoms. The fourth-order valence-electron chi connectivity index (χ4n) is 3.27. The highest BCUT2D eigenvalue weighted by molar-refractivity contribution is 8.01. The number of hydrogen-bond donors (Lipinski definition) is 2. The third kappa shape index (κ3) is 3.58. The lowest BCUT2D eigenvalue weighted by molar-refractivity contribution is -0.171. The second-order valence-electron chi connectivity index (χ2n) is 6.71. The number of ether oxygens (including phenoxy) is 2. The summed E-state index contributed by atoms with van der Waals surface area (Å²) < 4.78 is 10.7. The van der Waals surface area contributed by atoms with Gasteiger partial charge in [-0.25, -0.2) is 39.5 Å². The molecule has 1 aliphatic rings. The Balaban J connectivity index is 1.53. The van der Waals surface area contributed by atoms with E-state index in [0.29, 0.717) is 32.4 Å². The predicted octanol–water partition coefficient (Wildman–Crippen LogP) is 0.700. The van der Waals surface area contributed by atoms with Crippen molar-refractivity contribution in [1.29, 1.82) is 0 Å². The van der Waals surface area contributed by atoms with Crippen molar-refractivity contribution in [3.63, 3.8) is 0 Å². The Hall–Kier alpha value is -3.59. The third-order valence-electron chi connectivity index (χ3n) is 4.79. The van der Waals surface area contributed by atoms with Crippen molar-refractivity contribution >= 4 is 63.6 Å². The van der Waals surface area contributed by atoms with E-state index in [1.165, 1.54) is 25.3 Å². The first-order valence-electron chi connectivity index (χ1n) is 9.55. The number of thioether (sulfide) groups is 2. The highest BCUT2D eigenvalue weighted by Gasteiger charge is 2.62. The van der Waals surface area contributed by atoms with E-state index in [1.54, 1.807) is 6.92 Å². The molecule has 2 atom stereocenters. The minimum absolute atomic E-state index is 0.0327. The molecule has 4 aromatic rings. The van der Waals surface area contributed by atoms with Gasteiger partial charge in [0, 0.05) is 0 Å². The van der Waals surface area contributed by atoms with Crippen LogP contribution >= 0.6 is 23.5 Å². The number of imidazole rings is 2. The van der Waals surface area contributed by atoms with Crippen molar-refractivity contribution in [2.45, 2.75) is 27.8 Å². The molecule has 0 radical (unpaired) electrons. The Labute approximate surface area is 192 Å². The summed E-state index contributed by atoms with van der Waals surface area (Å²) in [7, 11) is 0. The van der Waals surface area contributed by atoms with Gasteiger partial charge in [-0.15, -0.1) is 0 Å². The Kier molecular flexibility index (Phi) is 5.41. The molecule has 0 amide bonds. The molecule has 5 rings (SSSR count). The number of rotatable bonds is 7. The first-order valence-corrected chi connectivity index (χ1v) is 11.4. The van der Waals surface area contributed by atoms with Gasteiger partial charge < -0.3 is 19.4 Å². The zero-order valence-corrected chi connectivity index (χ0v) is 18.5. The van der Waals surface area contributed by atoms with Crippen LogP contribution in [0.4, 0.5) is 0 Å². The van der Waals surface area contributed by atoms with E-state index in [0.717, 1.165) is 23.5 Å². The number of carbonyl (C=O) groups is 3. The standard InChI is InChI=1S/C18H14N8O5S2/c1-2-30-17(29)18(3-32-14-8-12(21-4-19-8)23-6-25-14)11(10(27)16(28)31-18)33-15-9-13(22-5-20-9)24-7-26-15/h4-7,11H,2-3H2,1H3,(H,19,21,23,25)(H,20,22,24,26). The molecule has 168 valence electrons. The Morgan fingerprint density at radius 3 is 2.33 bits per heavy atom. The molecule has 0 aliphatic carbocycles. The molecule has 1 fully saturated rings. The number of nitrogens with zero attached hydrogens (tertiary/aromatic N) is 6. The van der Waals surface area contributed by atoms with Gasteiger partial charge in [0.1, 0.15) is 39.0 Å². The first-order chi connectivity index (χ1) is 16.0. The largest absolute Gasteiger partial charge is 0.463 e. The fourth-order valence-corrected chi connectivity index (χ4v) is 5.71. The number of nitrogens with one attached hydrogen (secondary N) is 2. The summed E-state index contributed by atoms with van der Waals surface area (Å²) in [4.78, 5) is 68.9. The minimum Gasteiger partial charge on any atom is -0.463 e. The number of cyclic esters (lactones) is 1. The number of aromatic amines is 2. The molecule has 4 aromatic heterocycles. The smallest absolute Gasteiger partial charge is 0.377 e.